The minimum Gasteiger partial charge on any atom is -0.381 e. The third-order valence-corrected chi connectivity index (χ3v) is 1.39. The zero-order valence-electron chi connectivity index (χ0n) is 6.05. The molecule has 0 aliphatic rings. The number of rotatable bonds is 3. The van der Waals surface area contributed by atoms with Gasteiger partial charge in [-0.15, -0.1) is 0 Å². The first-order valence-electron chi connectivity index (χ1n) is 3.39. The molecule has 0 aromatic heterocycles. The second kappa shape index (κ2) is 4.05. The Morgan fingerprint density at radius 2 is 2.09 bits per heavy atom. The molecule has 0 bridgehead atoms. The molecule has 1 aromatic rings. The van der Waals surface area contributed by atoms with Gasteiger partial charge in [-0.25, -0.2) is 4.39 Å². The second-order valence-electron chi connectivity index (χ2n) is 2.18. The van der Waals surface area contributed by atoms with Crippen molar-refractivity contribution in [2.24, 2.45) is 0 Å². The summed E-state index contributed by atoms with van der Waals surface area (Å²) in [7, 11) is 0. The van der Waals surface area contributed by atoms with E-state index in [1.807, 2.05) is 0 Å². The molecule has 1 rings (SSSR count). The van der Waals surface area contributed by atoms with Crippen molar-refractivity contribution in [3.63, 3.8) is 0 Å². The van der Waals surface area contributed by atoms with Crippen molar-refractivity contribution in [2.45, 2.75) is 6.54 Å². The fraction of sp³-hybridized carbons (Fsp3) is 0.250. The average molecular weight is 155 g/mol. The van der Waals surface area contributed by atoms with Crippen molar-refractivity contribution in [1.29, 1.82) is 0 Å². The number of halogens is 1. The number of nitrogens with one attached hydrogen (secondary N) is 1. The van der Waals surface area contributed by atoms with Gasteiger partial charge < -0.3 is 5.11 Å². The molecule has 3 heteroatoms. The number of benzene rings is 1. The Balaban J connectivity index is 2.62. The van der Waals surface area contributed by atoms with Crippen LogP contribution in [0.4, 0.5) is 4.39 Å². The van der Waals surface area contributed by atoms with Gasteiger partial charge in [-0.1, -0.05) is 18.2 Å². The van der Waals surface area contributed by atoms with E-state index in [4.69, 9.17) is 5.11 Å². The van der Waals surface area contributed by atoms with Crippen LogP contribution in [0.3, 0.4) is 0 Å². The lowest BCUT2D eigenvalue weighted by molar-refractivity contribution is 0.258. The van der Waals surface area contributed by atoms with Crippen molar-refractivity contribution in [3.05, 3.63) is 35.6 Å². The molecule has 2 N–H and O–H groups in total. The van der Waals surface area contributed by atoms with Crippen LogP contribution in [0, 0.1) is 5.82 Å². The van der Waals surface area contributed by atoms with E-state index in [0.717, 1.165) is 0 Å². The Morgan fingerprint density at radius 3 is 2.73 bits per heavy atom. The summed E-state index contributed by atoms with van der Waals surface area (Å²) in [5.41, 5.74) is 0.571. The molecule has 0 aliphatic carbocycles. The summed E-state index contributed by atoms with van der Waals surface area (Å²) in [6.07, 6.45) is 0. The number of aliphatic hydroxyl groups is 1. The molecule has 0 saturated heterocycles. The van der Waals surface area contributed by atoms with E-state index in [2.05, 4.69) is 5.32 Å². The van der Waals surface area contributed by atoms with Gasteiger partial charge in [0.25, 0.3) is 0 Å². The Hall–Kier alpha value is -0.930. The van der Waals surface area contributed by atoms with Crippen LogP contribution in [-0.4, -0.2) is 11.8 Å². The van der Waals surface area contributed by atoms with Gasteiger partial charge in [0.2, 0.25) is 0 Å². The van der Waals surface area contributed by atoms with Crippen LogP contribution >= 0.6 is 0 Å². The average Bonchev–Trinajstić information content (AvgIpc) is 2.03. The lowest BCUT2D eigenvalue weighted by Crippen LogP contribution is -2.14. The van der Waals surface area contributed by atoms with Gasteiger partial charge in [0, 0.05) is 12.1 Å². The first kappa shape index (κ1) is 8.17. The molecular formula is C8H10FNO. The van der Waals surface area contributed by atoms with Crippen LogP contribution in [0.2, 0.25) is 0 Å². The minimum absolute atomic E-state index is 0.131. The van der Waals surface area contributed by atoms with Gasteiger partial charge in [-0.3, -0.25) is 5.32 Å². The molecule has 0 heterocycles. The van der Waals surface area contributed by atoms with E-state index >= 15 is 0 Å². The topological polar surface area (TPSA) is 32.3 Å². The predicted molar refractivity (Wildman–Crippen MR) is 40.3 cm³/mol. The fourth-order valence-corrected chi connectivity index (χ4v) is 0.832. The normalized spacial score (nSPS) is 10.0. The van der Waals surface area contributed by atoms with Crippen molar-refractivity contribution in [2.75, 3.05) is 6.73 Å². The number of hydrogen-bond donors (Lipinski definition) is 2. The molecule has 60 valence electrons. The molecule has 0 aliphatic heterocycles. The van der Waals surface area contributed by atoms with E-state index in [0.29, 0.717) is 12.1 Å². The van der Waals surface area contributed by atoms with Gasteiger partial charge in [0.1, 0.15) is 5.82 Å². The predicted octanol–water partition coefficient (Wildman–Crippen LogP) is 0.865. The molecule has 11 heavy (non-hydrogen) atoms. The van der Waals surface area contributed by atoms with Gasteiger partial charge in [-0.2, -0.15) is 0 Å². The van der Waals surface area contributed by atoms with Gasteiger partial charge in [0.05, 0.1) is 6.73 Å². The Bertz CT molecular complexity index is 227. The highest BCUT2D eigenvalue weighted by atomic mass is 19.1. The van der Waals surface area contributed by atoms with Crippen LogP contribution in [0.25, 0.3) is 0 Å². The Kier molecular flexibility index (Phi) is 3.01. The Labute approximate surface area is 64.7 Å². The van der Waals surface area contributed by atoms with Crippen molar-refractivity contribution in [1.82, 2.24) is 5.32 Å². The fourth-order valence-electron chi connectivity index (χ4n) is 0.832. The van der Waals surface area contributed by atoms with Crippen LogP contribution in [0.1, 0.15) is 5.56 Å². The van der Waals surface area contributed by atoms with E-state index in [1.54, 1.807) is 18.2 Å². The molecule has 0 saturated carbocycles. The maximum atomic E-state index is 12.8. The minimum atomic E-state index is -0.242. The maximum Gasteiger partial charge on any atom is 0.127 e. The van der Waals surface area contributed by atoms with Crippen LogP contribution in [0.5, 0.6) is 0 Å². The monoisotopic (exact) mass is 155 g/mol. The molecule has 2 nitrogen and oxygen atoms in total. The second-order valence-corrected chi connectivity index (χ2v) is 2.18. The van der Waals surface area contributed by atoms with Crippen molar-refractivity contribution >= 4 is 0 Å². The van der Waals surface area contributed by atoms with Crippen LogP contribution in [-0.2, 0) is 6.54 Å². The molecule has 0 spiro atoms. The third kappa shape index (κ3) is 2.29. The molecule has 0 fully saturated rings. The summed E-state index contributed by atoms with van der Waals surface area (Å²) in [5, 5.41) is 11.0. The molecule has 0 radical (unpaired) electrons. The largest absolute Gasteiger partial charge is 0.381 e. The molecule has 0 unspecified atom stereocenters. The zero-order chi connectivity index (χ0) is 8.10. The lowest BCUT2D eigenvalue weighted by Gasteiger charge is -2.01. The first-order chi connectivity index (χ1) is 5.34. The lowest BCUT2D eigenvalue weighted by atomic mass is 10.2. The number of hydrogen-bond acceptors (Lipinski definition) is 2. The molecule has 1 aromatic carbocycles. The highest BCUT2D eigenvalue weighted by molar-refractivity contribution is 5.16. The smallest absolute Gasteiger partial charge is 0.127 e. The summed E-state index contributed by atoms with van der Waals surface area (Å²) < 4.78 is 12.8. The quantitative estimate of drug-likeness (QED) is 0.635. The number of aliphatic hydroxyl groups excluding tert-OH is 1. The zero-order valence-corrected chi connectivity index (χ0v) is 6.05. The van der Waals surface area contributed by atoms with Gasteiger partial charge in [0.15, 0.2) is 0 Å². The van der Waals surface area contributed by atoms with Crippen LogP contribution in [0.15, 0.2) is 24.3 Å². The standard InChI is InChI=1S/C8H10FNO/c9-8-4-2-1-3-7(8)5-10-6-11/h1-4,10-11H,5-6H2. The summed E-state index contributed by atoms with van der Waals surface area (Å²) in [6.45, 7) is 0.234. The van der Waals surface area contributed by atoms with Gasteiger partial charge >= 0.3 is 0 Å². The highest BCUT2D eigenvalue weighted by Crippen LogP contribution is 2.04. The summed E-state index contributed by atoms with van der Waals surface area (Å²) in [6, 6.07) is 6.47. The van der Waals surface area contributed by atoms with E-state index < -0.39 is 0 Å². The van der Waals surface area contributed by atoms with E-state index in [-0.39, 0.29) is 12.5 Å². The molecule has 0 atom stereocenters. The molecule has 0 amide bonds. The third-order valence-electron chi connectivity index (χ3n) is 1.39. The van der Waals surface area contributed by atoms with Gasteiger partial charge in [-0.05, 0) is 6.07 Å². The molecular weight excluding hydrogens is 145 g/mol. The van der Waals surface area contributed by atoms with E-state index in [1.165, 1.54) is 6.07 Å². The van der Waals surface area contributed by atoms with Crippen LogP contribution < -0.4 is 5.32 Å². The Morgan fingerprint density at radius 1 is 1.36 bits per heavy atom. The maximum absolute atomic E-state index is 12.8. The highest BCUT2D eigenvalue weighted by Gasteiger charge is 1.97. The van der Waals surface area contributed by atoms with E-state index in [9.17, 15) is 4.39 Å². The SMILES string of the molecule is OCNCc1ccccc1F. The summed E-state index contributed by atoms with van der Waals surface area (Å²) in [5.74, 6) is -0.242. The van der Waals surface area contributed by atoms with Crippen molar-refractivity contribution < 1.29 is 9.50 Å². The summed E-state index contributed by atoms with van der Waals surface area (Å²) >= 11 is 0. The summed E-state index contributed by atoms with van der Waals surface area (Å²) in [4.78, 5) is 0. The first-order valence-corrected chi connectivity index (χ1v) is 3.39. The van der Waals surface area contributed by atoms with Crippen molar-refractivity contribution in [3.8, 4) is 0 Å².